The lowest BCUT2D eigenvalue weighted by Crippen LogP contribution is -2.52. The van der Waals surface area contributed by atoms with E-state index in [1.165, 1.54) is 16.0 Å². The highest BCUT2D eigenvalue weighted by molar-refractivity contribution is 6.05. The molecule has 2 heterocycles. The molecule has 0 spiro atoms. The molecule has 1 fully saturated rings. The molecule has 10 nitrogen and oxygen atoms in total. The van der Waals surface area contributed by atoms with Crippen molar-refractivity contribution < 1.29 is 38.4 Å². The third-order valence-electron chi connectivity index (χ3n) is 9.80. The van der Waals surface area contributed by atoms with Crippen molar-refractivity contribution in [1.82, 2.24) is 10.2 Å². The fourth-order valence-corrected chi connectivity index (χ4v) is 6.98. The van der Waals surface area contributed by atoms with Gasteiger partial charge in [0, 0.05) is 51.4 Å². The molecule has 6 rings (SSSR count). The monoisotopic (exact) mass is 746 g/mol. The van der Waals surface area contributed by atoms with Crippen LogP contribution in [0.1, 0.15) is 84.5 Å². The molecule has 0 bridgehead atoms. The van der Waals surface area contributed by atoms with Crippen LogP contribution in [0.25, 0.3) is 11.1 Å². The minimum absolute atomic E-state index is 0.194. The van der Waals surface area contributed by atoms with E-state index >= 15 is 0 Å². The number of imide groups is 1. The molecule has 2 N–H and O–H groups in total. The number of aromatic hydroxyl groups is 1. The second-order valence-corrected chi connectivity index (χ2v) is 13.7. The minimum Gasteiger partial charge on any atom is -0.508 e. The number of nitrogens with zero attached hydrogens (tertiary/aromatic N) is 1. The van der Waals surface area contributed by atoms with Crippen LogP contribution in [-0.4, -0.2) is 73.4 Å². The Balaban J connectivity index is 0.818. The fraction of sp³-hybridized carbons (Fsp3) is 0.356. The standard InChI is InChI=1S/C45H50N2O8/c1-2-39(32-10-4-3-5-11-32)43(33-12-16-36(48)17-13-33)34-14-18-37(19-15-34)54-28-7-6-24-52-25-8-26-53-27-9-29-55-38-20-21-40-35(30-38)31-47(45(40)51)41-22-23-42(49)46-44(41)50/h3-5,10-21,30,41,48H,2,6-9,22-29,31H2,1H3,(H,46,49,50)/b43-39-. The molecule has 0 saturated carbocycles. The fourth-order valence-electron chi connectivity index (χ4n) is 6.98. The number of hydrogen-bond acceptors (Lipinski definition) is 8. The molecule has 288 valence electrons. The van der Waals surface area contributed by atoms with Crippen molar-refractivity contribution in [2.45, 2.75) is 64.5 Å². The number of carbonyl (C=O) groups excluding carboxylic acids is 3. The van der Waals surface area contributed by atoms with Crippen LogP contribution in [0.3, 0.4) is 0 Å². The van der Waals surface area contributed by atoms with Gasteiger partial charge in [-0.3, -0.25) is 19.7 Å². The molecule has 2 aliphatic heterocycles. The first-order valence-electron chi connectivity index (χ1n) is 19.3. The molecule has 1 atom stereocenters. The molecule has 10 heteroatoms. The van der Waals surface area contributed by atoms with Crippen molar-refractivity contribution in [2.75, 3.05) is 39.6 Å². The summed E-state index contributed by atoms with van der Waals surface area (Å²) in [5.41, 5.74) is 7.12. The topological polar surface area (TPSA) is 124 Å². The average molecular weight is 747 g/mol. The normalized spacial score (nSPS) is 15.8. The molecule has 2 aliphatic rings. The number of benzene rings is 4. The molecular weight excluding hydrogens is 697 g/mol. The first kappa shape index (κ1) is 39.2. The van der Waals surface area contributed by atoms with Crippen molar-refractivity contribution in [3.8, 4) is 17.2 Å². The van der Waals surface area contributed by atoms with Gasteiger partial charge in [0.2, 0.25) is 11.8 Å². The highest BCUT2D eigenvalue weighted by Crippen LogP contribution is 2.36. The summed E-state index contributed by atoms with van der Waals surface area (Å²) in [6, 6.07) is 30.8. The summed E-state index contributed by atoms with van der Waals surface area (Å²) in [6.07, 6.45) is 4.78. The summed E-state index contributed by atoms with van der Waals surface area (Å²) in [6.45, 7) is 6.10. The van der Waals surface area contributed by atoms with Gasteiger partial charge in [0.1, 0.15) is 23.3 Å². The molecule has 0 aromatic heterocycles. The van der Waals surface area contributed by atoms with E-state index in [0.29, 0.717) is 63.9 Å². The van der Waals surface area contributed by atoms with Gasteiger partial charge < -0.3 is 29.0 Å². The number of unbranched alkanes of at least 4 members (excludes halogenated alkanes) is 1. The Morgan fingerprint density at radius 3 is 2.00 bits per heavy atom. The summed E-state index contributed by atoms with van der Waals surface area (Å²) in [7, 11) is 0. The molecule has 3 amide bonds. The highest BCUT2D eigenvalue weighted by Gasteiger charge is 2.39. The zero-order valence-electron chi connectivity index (χ0n) is 31.5. The lowest BCUT2D eigenvalue weighted by Gasteiger charge is -2.29. The maximum Gasteiger partial charge on any atom is 0.255 e. The van der Waals surface area contributed by atoms with Crippen molar-refractivity contribution in [1.29, 1.82) is 0 Å². The Morgan fingerprint density at radius 2 is 1.31 bits per heavy atom. The first-order valence-corrected chi connectivity index (χ1v) is 19.3. The second kappa shape index (κ2) is 19.8. The van der Waals surface area contributed by atoms with Gasteiger partial charge in [0.25, 0.3) is 5.91 Å². The zero-order valence-corrected chi connectivity index (χ0v) is 31.5. The van der Waals surface area contributed by atoms with Gasteiger partial charge in [-0.05, 0) is 108 Å². The Labute approximate surface area is 323 Å². The number of fused-ring (bicyclic) bond motifs is 1. The summed E-state index contributed by atoms with van der Waals surface area (Å²) >= 11 is 0. The summed E-state index contributed by atoms with van der Waals surface area (Å²) in [4.78, 5) is 38.2. The number of ether oxygens (including phenoxy) is 4. The molecule has 55 heavy (non-hydrogen) atoms. The lowest BCUT2D eigenvalue weighted by atomic mass is 9.88. The van der Waals surface area contributed by atoms with E-state index in [1.54, 1.807) is 24.3 Å². The number of allylic oxidation sites excluding steroid dienone is 1. The number of piperidine rings is 1. The molecule has 1 unspecified atom stereocenters. The lowest BCUT2D eigenvalue weighted by molar-refractivity contribution is -0.136. The predicted molar refractivity (Wildman–Crippen MR) is 211 cm³/mol. The van der Waals surface area contributed by atoms with E-state index in [-0.39, 0.29) is 24.0 Å². The number of nitrogens with one attached hydrogen (secondary N) is 1. The summed E-state index contributed by atoms with van der Waals surface area (Å²) in [5.74, 6) is 0.845. The number of hydrogen-bond donors (Lipinski definition) is 2. The Kier molecular flexibility index (Phi) is 14.1. The van der Waals surface area contributed by atoms with Crippen LogP contribution < -0.4 is 14.8 Å². The summed E-state index contributed by atoms with van der Waals surface area (Å²) < 4.78 is 23.5. The smallest absolute Gasteiger partial charge is 0.255 e. The molecular formula is C45H50N2O8. The van der Waals surface area contributed by atoms with E-state index < -0.39 is 11.9 Å². The third kappa shape index (κ3) is 10.6. The molecule has 1 saturated heterocycles. The number of carbonyl (C=O) groups is 3. The van der Waals surface area contributed by atoms with E-state index in [1.807, 2.05) is 36.4 Å². The van der Waals surface area contributed by atoms with Crippen LogP contribution in [0.4, 0.5) is 0 Å². The van der Waals surface area contributed by atoms with Crippen LogP contribution in [0.2, 0.25) is 0 Å². The van der Waals surface area contributed by atoms with E-state index in [9.17, 15) is 19.5 Å². The molecule has 4 aromatic rings. The van der Waals surface area contributed by atoms with Crippen LogP contribution in [-0.2, 0) is 25.6 Å². The van der Waals surface area contributed by atoms with Gasteiger partial charge in [0.05, 0.1) is 13.2 Å². The maximum absolute atomic E-state index is 12.9. The van der Waals surface area contributed by atoms with E-state index in [4.69, 9.17) is 18.9 Å². The number of phenols is 1. The first-order chi connectivity index (χ1) is 26.9. The average Bonchev–Trinajstić information content (AvgIpc) is 3.52. The molecule has 0 aliphatic carbocycles. The van der Waals surface area contributed by atoms with Gasteiger partial charge in [-0.25, -0.2) is 0 Å². The van der Waals surface area contributed by atoms with Gasteiger partial charge in [-0.15, -0.1) is 0 Å². The highest BCUT2D eigenvalue weighted by atomic mass is 16.5. The van der Waals surface area contributed by atoms with Crippen LogP contribution >= 0.6 is 0 Å². The van der Waals surface area contributed by atoms with E-state index in [0.717, 1.165) is 60.1 Å². The summed E-state index contributed by atoms with van der Waals surface area (Å²) in [5, 5.41) is 12.2. The Morgan fingerprint density at radius 1 is 0.709 bits per heavy atom. The van der Waals surface area contributed by atoms with E-state index in [2.05, 4.69) is 48.6 Å². The zero-order chi connectivity index (χ0) is 38.4. The largest absolute Gasteiger partial charge is 0.508 e. The predicted octanol–water partition coefficient (Wildman–Crippen LogP) is 7.57. The number of phenolic OH excluding ortho intramolecular Hbond substituents is 1. The number of amides is 3. The van der Waals surface area contributed by atoms with Crippen LogP contribution in [0, 0.1) is 0 Å². The molecule has 4 aromatic carbocycles. The SMILES string of the molecule is CC/C(=C(\c1ccc(O)cc1)c1ccc(OCCCCOCCCOCCCOc2ccc3c(c2)CN(C2CCC(=O)NC2=O)C3=O)cc1)c1ccccc1. The van der Waals surface area contributed by atoms with Crippen molar-refractivity contribution in [3.05, 3.63) is 125 Å². The Bertz CT molecular complexity index is 1920. The van der Waals surface area contributed by atoms with Crippen molar-refractivity contribution >= 4 is 28.9 Å². The minimum atomic E-state index is -0.628. The van der Waals surface area contributed by atoms with Crippen LogP contribution in [0.15, 0.2) is 97.1 Å². The van der Waals surface area contributed by atoms with Gasteiger partial charge in [-0.1, -0.05) is 61.5 Å². The van der Waals surface area contributed by atoms with Crippen LogP contribution in [0.5, 0.6) is 17.2 Å². The van der Waals surface area contributed by atoms with Gasteiger partial charge >= 0.3 is 0 Å². The van der Waals surface area contributed by atoms with Gasteiger partial charge in [-0.2, -0.15) is 0 Å². The van der Waals surface area contributed by atoms with Crippen molar-refractivity contribution in [2.24, 2.45) is 0 Å². The van der Waals surface area contributed by atoms with Crippen molar-refractivity contribution in [3.63, 3.8) is 0 Å². The molecule has 0 radical (unpaired) electrons. The third-order valence-corrected chi connectivity index (χ3v) is 9.80. The van der Waals surface area contributed by atoms with Gasteiger partial charge in [0.15, 0.2) is 0 Å². The second-order valence-electron chi connectivity index (χ2n) is 13.7. The quantitative estimate of drug-likeness (QED) is 0.0540. The number of rotatable bonds is 20. The Hall–Kier alpha value is -5.45. The maximum atomic E-state index is 12.9.